The predicted octanol–water partition coefficient (Wildman–Crippen LogP) is 5.35. The third-order valence-corrected chi connectivity index (χ3v) is 9.10. The maximum Gasteiger partial charge on any atom is 0.395 e. The standard InChI is InChI=1S/C30H39F3N4O3/c1-18-15-25(40-4)23(27(38)35-18)16-34-28(39)26-20(3)37(24-8-6-5-7-22(24)26)19(2)21-9-13-36(14-10-21)17-29(11-12-29)30(31,32)33/h5-8,15,19,21,28,34,39H,9-14,16-17H2,1-4H3,(H,35,38). The first-order valence-electron chi connectivity index (χ1n) is 14.0. The van der Waals surface area contributed by atoms with Gasteiger partial charge in [0.25, 0.3) is 5.56 Å². The first-order chi connectivity index (χ1) is 19.0. The molecule has 2 unspecified atom stereocenters. The molecule has 3 heterocycles. The van der Waals surface area contributed by atoms with Crippen LogP contribution in [0.25, 0.3) is 10.9 Å². The largest absolute Gasteiger partial charge is 0.496 e. The normalized spacial score (nSPS) is 19.6. The van der Waals surface area contributed by atoms with Crippen LogP contribution in [0, 0.1) is 25.2 Å². The highest BCUT2D eigenvalue weighted by Gasteiger charge is 2.63. The van der Waals surface area contributed by atoms with Crippen LogP contribution in [0.4, 0.5) is 13.2 Å². The van der Waals surface area contributed by atoms with E-state index in [0.717, 1.165) is 35.0 Å². The number of rotatable bonds is 9. The van der Waals surface area contributed by atoms with Crippen LogP contribution in [0.1, 0.15) is 67.4 Å². The van der Waals surface area contributed by atoms with Crippen LogP contribution in [0.2, 0.25) is 0 Å². The lowest BCUT2D eigenvalue weighted by Crippen LogP contribution is -2.43. The van der Waals surface area contributed by atoms with Crippen LogP contribution in [0.3, 0.4) is 0 Å². The van der Waals surface area contributed by atoms with E-state index >= 15 is 0 Å². The highest BCUT2D eigenvalue weighted by Crippen LogP contribution is 2.58. The van der Waals surface area contributed by atoms with Gasteiger partial charge in [-0.1, -0.05) is 18.2 Å². The predicted molar refractivity (Wildman–Crippen MR) is 148 cm³/mol. The van der Waals surface area contributed by atoms with Gasteiger partial charge in [0.05, 0.1) is 18.1 Å². The number of ether oxygens (including phenoxy) is 1. The van der Waals surface area contributed by atoms with Crippen LogP contribution in [0.5, 0.6) is 5.75 Å². The third kappa shape index (κ3) is 5.29. The molecule has 218 valence electrons. The molecule has 0 amide bonds. The molecule has 5 rings (SSSR count). The van der Waals surface area contributed by atoms with E-state index in [2.05, 4.69) is 21.8 Å². The number of piperidine rings is 1. The first-order valence-corrected chi connectivity index (χ1v) is 14.0. The maximum atomic E-state index is 13.5. The summed E-state index contributed by atoms with van der Waals surface area (Å²) in [6.45, 7) is 7.49. The van der Waals surface area contributed by atoms with Crippen molar-refractivity contribution in [1.82, 2.24) is 19.8 Å². The van der Waals surface area contributed by atoms with Crippen molar-refractivity contribution in [2.45, 2.75) is 71.4 Å². The molecule has 0 radical (unpaired) electrons. The number of H-pyrrole nitrogens is 1. The molecular weight excluding hydrogens is 521 g/mol. The number of hydrogen-bond acceptors (Lipinski definition) is 5. The average Bonchev–Trinajstić information content (AvgIpc) is 3.64. The molecule has 1 aliphatic heterocycles. The van der Waals surface area contributed by atoms with E-state index in [1.54, 1.807) is 13.0 Å². The van der Waals surface area contributed by atoms with Crippen LogP contribution in [-0.4, -0.2) is 52.5 Å². The highest BCUT2D eigenvalue weighted by atomic mass is 19.4. The number of aliphatic hydroxyl groups is 1. The molecule has 10 heteroatoms. The van der Waals surface area contributed by atoms with Gasteiger partial charge in [-0.25, -0.2) is 0 Å². The van der Waals surface area contributed by atoms with Crippen LogP contribution in [-0.2, 0) is 6.54 Å². The van der Waals surface area contributed by atoms with Crippen molar-refractivity contribution in [3.8, 4) is 5.75 Å². The number of aliphatic hydroxyl groups excluding tert-OH is 1. The number of halogens is 3. The van der Waals surface area contributed by atoms with Crippen molar-refractivity contribution in [3.63, 3.8) is 0 Å². The van der Waals surface area contributed by atoms with Crippen LogP contribution >= 0.6 is 0 Å². The minimum atomic E-state index is -4.12. The molecule has 7 nitrogen and oxygen atoms in total. The Kier molecular flexibility index (Phi) is 7.80. The summed E-state index contributed by atoms with van der Waals surface area (Å²) in [6, 6.07) is 9.79. The van der Waals surface area contributed by atoms with Gasteiger partial charge in [0.2, 0.25) is 0 Å². The molecule has 2 fully saturated rings. The molecule has 1 aromatic carbocycles. The van der Waals surface area contributed by atoms with E-state index < -0.39 is 17.8 Å². The number of para-hydroxylation sites is 1. The Morgan fingerprint density at radius 3 is 2.50 bits per heavy atom. The fraction of sp³-hybridized carbons (Fsp3) is 0.567. The molecule has 2 atom stereocenters. The molecule has 40 heavy (non-hydrogen) atoms. The minimum absolute atomic E-state index is 0.102. The average molecular weight is 561 g/mol. The summed E-state index contributed by atoms with van der Waals surface area (Å²) in [4.78, 5) is 17.3. The monoisotopic (exact) mass is 560 g/mol. The highest BCUT2D eigenvalue weighted by molar-refractivity contribution is 5.86. The number of aromatic nitrogens is 2. The Balaban J connectivity index is 1.33. The number of aryl methyl sites for hydroxylation is 1. The number of fused-ring (bicyclic) bond motifs is 1. The number of likely N-dealkylation sites (tertiary alicyclic amines) is 1. The van der Waals surface area contributed by atoms with E-state index in [1.807, 2.05) is 36.1 Å². The summed E-state index contributed by atoms with van der Waals surface area (Å²) in [5.74, 6) is 0.767. The van der Waals surface area contributed by atoms with Crippen molar-refractivity contribution in [2.75, 3.05) is 26.7 Å². The number of nitrogens with one attached hydrogen (secondary N) is 2. The van der Waals surface area contributed by atoms with Gasteiger partial charge in [0, 0.05) is 47.0 Å². The van der Waals surface area contributed by atoms with Crippen molar-refractivity contribution in [2.24, 2.45) is 11.3 Å². The Morgan fingerprint density at radius 1 is 1.20 bits per heavy atom. The molecule has 0 bridgehead atoms. The maximum absolute atomic E-state index is 13.5. The lowest BCUT2D eigenvalue weighted by Gasteiger charge is -2.38. The van der Waals surface area contributed by atoms with E-state index in [0.29, 0.717) is 36.0 Å². The quantitative estimate of drug-likeness (QED) is 0.308. The molecule has 0 spiro atoms. The summed E-state index contributed by atoms with van der Waals surface area (Å²) < 4.78 is 48.1. The summed E-state index contributed by atoms with van der Waals surface area (Å²) in [5.41, 5.74) is 2.02. The molecule has 1 saturated carbocycles. The van der Waals surface area contributed by atoms with Crippen molar-refractivity contribution in [1.29, 1.82) is 0 Å². The van der Waals surface area contributed by atoms with E-state index in [9.17, 15) is 23.1 Å². The lowest BCUT2D eigenvalue weighted by molar-refractivity contribution is -0.192. The molecular formula is C30H39F3N4O3. The Morgan fingerprint density at radius 2 is 1.88 bits per heavy atom. The topological polar surface area (TPSA) is 82.5 Å². The SMILES string of the molecule is COc1cc(C)[nH]c(=O)c1CNC(O)c1c(C)n(C(C)C2CCN(CC3(C(F)(F)F)CC3)CC2)c2ccccc12. The van der Waals surface area contributed by atoms with Crippen molar-refractivity contribution in [3.05, 3.63) is 63.2 Å². The lowest BCUT2D eigenvalue weighted by atomic mass is 9.89. The van der Waals surface area contributed by atoms with Crippen LogP contribution < -0.4 is 15.6 Å². The number of methoxy groups -OCH3 is 1. The van der Waals surface area contributed by atoms with Gasteiger partial charge in [-0.2, -0.15) is 13.2 Å². The zero-order valence-corrected chi connectivity index (χ0v) is 23.6. The Labute approximate surface area is 232 Å². The second-order valence-electron chi connectivity index (χ2n) is 11.6. The number of hydrogen-bond donors (Lipinski definition) is 3. The van der Waals surface area contributed by atoms with Gasteiger partial charge in [-0.3, -0.25) is 10.1 Å². The number of benzene rings is 1. The smallest absolute Gasteiger partial charge is 0.395 e. The molecule has 3 N–H and O–H groups in total. The third-order valence-electron chi connectivity index (χ3n) is 9.10. The molecule has 1 saturated heterocycles. The fourth-order valence-corrected chi connectivity index (χ4v) is 6.54. The summed E-state index contributed by atoms with van der Waals surface area (Å²) in [5, 5.41) is 15.3. The Hall–Kier alpha value is -2.82. The fourth-order valence-electron chi connectivity index (χ4n) is 6.54. The Bertz CT molecular complexity index is 1420. The summed E-state index contributed by atoms with van der Waals surface area (Å²) in [7, 11) is 1.51. The second kappa shape index (κ2) is 10.9. The van der Waals surface area contributed by atoms with E-state index in [1.165, 1.54) is 7.11 Å². The molecule has 2 aliphatic rings. The van der Waals surface area contributed by atoms with Crippen LogP contribution in [0.15, 0.2) is 35.1 Å². The summed E-state index contributed by atoms with van der Waals surface area (Å²) in [6.07, 6.45) is -3.01. The number of nitrogens with zero attached hydrogens (tertiary/aromatic N) is 2. The van der Waals surface area contributed by atoms with Gasteiger partial charge in [-0.15, -0.1) is 0 Å². The zero-order chi connectivity index (χ0) is 28.8. The van der Waals surface area contributed by atoms with Gasteiger partial charge >= 0.3 is 6.18 Å². The number of alkyl halides is 3. The van der Waals surface area contributed by atoms with Crippen molar-refractivity contribution >= 4 is 10.9 Å². The molecule has 1 aliphatic carbocycles. The molecule has 2 aromatic heterocycles. The first kappa shape index (κ1) is 28.7. The number of aromatic amines is 1. The molecule has 3 aromatic rings. The zero-order valence-electron chi connectivity index (χ0n) is 23.6. The summed E-state index contributed by atoms with van der Waals surface area (Å²) >= 11 is 0. The van der Waals surface area contributed by atoms with E-state index in [-0.39, 0.29) is 37.5 Å². The van der Waals surface area contributed by atoms with Crippen molar-refractivity contribution < 1.29 is 23.0 Å². The van der Waals surface area contributed by atoms with Gasteiger partial charge < -0.3 is 24.3 Å². The second-order valence-corrected chi connectivity index (χ2v) is 11.6. The van der Waals surface area contributed by atoms with E-state index in [4.69, 9.17) is 4.74 Å². The van der Waals surface area contributed by atoms with Gasteiger partial charge in [0.1, 0.15) is 12.0 Å². The minimum Gasteiger partial charge on any atom is -0.496 e. The van der Waals surface area contributed by atoms with Gasteiger partial charge in [-0.05, 0) is 77.6 Å². The number of pyridine rings is 1. The van der Waals surface area contributed by atoms with Gasteiger partial charge in [0.15, 0.2) is 0 Å².